The molecular weight excluding hydrogens is 444 g/mol. The zero-order valence-corrected chi connectivity index (χ0v) is 19.0. The average molecular weight is 465 g/mol. The summed E-state index contributed by atoms with van der Waals surface area (Å²) in [6.07, 6.45) is 0. The molecule has 1 atom stereocenters. The van der Waals surface area contributed by atoms with Crippen molar-refractivity contribution >= 4 is 40.7 Å². The lowest BCUT2D eigenvalue weighted by Gasteiger charge is -2.21. The quantitative estimate of drug-likeness (QED) is 0.486. The van der Waals surface area contributed by atoms with Gasteiger partial charge in [-0.1, -0.05) is 36.0 Å². The molecule has 2 aliphatic rings. The normalized spacial score (nSPS) is 15.0. The first-order valence-electron chi connectivity index (χ1n) is 10.3. The molecular formula is C25H21ClN2O3S. The number of carbonyl (C=O) groups excluding carboxylic acids is 1. The van der Waals surface area contributed by atoms with Gasteiger partial charge in [0.05, 0.1) is 11.7 Å². The number of hydrogen-bond acceptors (Lipinski definition) is 5. The van der Waals surface area contributed by atoms with Crippen LogP contribution in [0.3, 0.4) is 0 Å². The third kappa shape index (κ3) is 4.04. The Bertz CT molecular complexity index is 1240. The summed E-state index contributed by atoms with van der Waals surface area (Å²) in [5.41, 5.74) is 4.06. The Balaban J connectivity index is 1.35. The number of ether oxygens (including phenoxy) is 2. The van der Waals surface area contributed by atoms with Crippen LogP contribution in [0.25, 0.3) is 5.70 Å². The van der Waals surface area contributed by atoms with E-state index in [1.807, 2.05) is 61.5 Å². The number of halogens is 1. The molecule has 0 spiro atoms. The van der Waals surface area contributed by atoms with Gasteiger partial charge in [0.25, 0.3) is 5.91 Å². The predicted molar refractivity (Wildman–Crippen MR) is 128 cm³/mol. The maximum atomic E-state index is 13.0. The van der Waals surface area contributed by atoms with E-state index >= 15 is 0 Å². The molecule has 7 heteroatoms. The molecule has 162 valence electrons. The van der Waals surface area contributed by atoms with Crippen molar-refractivity contribution in [2.45, 2.75) is 22.8 Å². The lowest BCUT2D eigenvalue weighted by molar-refractivity contribution is 0.0939. The summed E-state index contributed by atoms with van der Waals surface area (Å²) in [5.74, 6) is 1.28. The molecule has 5 rings (SSSR count). The van der Waals surface area contributed by atoms with E-state index in [0.717, 1.165) is 38.1 Å². The number of carbonyl (C=O) groups is 1. The third-order valence-electron chi connectivity index (χ3n) is 5.43. The van der Waals surface area contributed by atoms with Crippen LogP contribution < -0.4 is 20.1 Å². The van der Waals surface area contributed by atoms with Crippen molar-refractivity contribution in [3.63, 3.8) is 0 Å². The summed E-state index contributed by atoms with van der Waals surface area (Å²) in [6, 6.07) is 16.9. The summed E-state index contributed by atoms with van der Waals surface area (Å²) in [4.78, 5) is 15.1. The van der Waals surface area contributed by atoms with E-state index < -0.39 is 0 Å². The Labute approximate surface area is 195 Å². The fourth-order valence-electron chi connectivity index (χ4n) is 3.73. The van der Waals surface area contributed by atoms with E-state index in [9.17, 15) is 4.79 Å². The standard InChI is InChI=1S/C25H21ClN2O3S/c1-14(16-3-6-21-22(12-16)31-10-9-30-21)28-25(29)17-4-7-24-20(11-17)27-15(2)19-13-18(26)5-8-23(19)32-24/h3-8,11-14,27H,2,9-10H2,1H3,(H,28,29). The van der Waals surface area contributed by atoms with Crippen LogP contribution in [0, 0.1) is 0 Å². The molecule has 1 unspecified atom stereocenters. The van der Waals surface area contributed by atoms with Crippen LogP contribution in [0.15, 0.2) is 71.0 Å². The van der Waals surface area contributed by atoms with Crippen molar-refractivity contribution in [1.29, 1.82) is 0 Å². The smallest absolute Gasteiger partial charge is 0.251 e. The molecule has 3 aromatic carbocycles. The SMILES string of the molecule is C=C1Nc2cc(C(=O)NC(C)c3ccc4c(c3)OCCO4)ccc2Sc2ccc(Cl)cc21. The van der Waals surface area contributed by atoms with Crippen LogP contribution in [-0.2, 0) is 0 Å². The number of benzene rings is 3. The number of rotatable bonds is 3. The van der Waals surface area contributed by atoms with Crippen LogP contribution in [-0.4, -0.2) is 19.1 Å². The predicted octanol–water partition coefficient (Wildman–Crippen LogP) is 6.15. The summed E-state index contributed by atoms with van der Waals surface area (Å²) < 4.78 is 11.2. The molecule has 2 heterocycles. The second-order valence-electron chi connectivity index (χ2n) is 7.66. The van der Waals surface area contributed by atoms with Crippen LogP contribution >= 0.6 is 23.4 Å². The van der Waals surface area contributed by atoms with Crippen molar-refractivity contribution in [1.82, 2.24) is 5.32 Å². The fraction of sp³-hybridized carbons (Fsp3) is 0.160. The number of amides is 1. The van der Waals surface area contributed by atoms with Gasteiger partial charge in [-0.25, -0.2) is 0 Å². The Morgan fingerprint density at radius 1 is 1.06 bits per heavy atom. The molecule has 2 N–H and O–H groups in total. The van der Waals surface area contributed by atoms with Crippen molar-refractivity contribution in [3.8, 4) is 11.5 Å². The third-order valence-corrected chi connectivity index (χ3v) is 6.81. The van der Waals surface area contributed by atoms with Crippen LogP contribution in [0.5, 0.6) is 11.5 Å². The molecule has 3 aromatic rings. The Kier molecular flexibility index (Phi) is 5.49. The number of hydrogen-bond donors (Lipinski definition) is 2. The van der Waals surface area contributed by atoms with E-state index in [1.165, 1.54) is 0 Å². The number of nitrogens with one attached hydrogen (secondary N) is 2. The molecule has 0 saturated heterocycles. The average Bonchev–Trinajstić information content (AvgIpc) is 2.93. The van der Waals surface area contributed by atoms with Gasteiger partial charge in [-0.05, 0) is 61.0 Å². The van der Waals surface area contributed by atoms with Gasteiger partial charge in [-0.2, -0.15) is 0 Å². The van der Waals surface area contributed by atoms with Gasteiger partial charge < -0.3 is 20.1 Å². The van der Waals surface area contributed by atoms with Gasteiger partial charge in [0, 0.05) is 31.6 Å². The lowest BCUT2D eigenvalue weighted by Crippen LogP contribution is -2.27. The number of fused-ring (bicyclic) bond motifs is 3. The van der Waals surface area contributed by atoms with Crippen LogP contribution in [0.2, 0.25) is 5.02 Å². The van der Waals surface area contributed by atoms with Gasteiger partial charge in [-0.15, -0.1) is 0 Å². The molecule has 0 saturated carbocycles. The highest BCUT2D eigenvalue weighted by Gasteiger charge is 2.20. The van der Waals surface area contributed by atoms with E-state index in [2.05, 4.69) is 17.2 Å². The molecule has 1 amide bonds. The molecule has 0 radical (unpaired) electrons. The molecule has 0 aromatic heterocycles. The van der Waals surface area contributed by atoms with E-state index in [4.69, 9.17) is 21.1 Å². The second-order valence-corrected chi connectivity index (χ2v) is 9.18. The summed E-state index contributed by atoms with van der Waals surface area (Å²) in [5, 5.41) is 7.06. The highest BCUT2D eigenvalue weighted by molar-refractivity contribution is 7.99. The van der Waals surface area contributed by atoms with Crippen LogP contribution in [0.4, 0.5) is 5.69 Å². The Morgan fingerprint density at radius 3 is 2.69 bits per heavy atom. The molecule has 32 heavy (non-hydrogen) atoms. The first kappa shape index (κ1) is 20.8. The molecule has 0 bridgehead atoms. The van der Waals surface area contributed by atoms with Crippen molar-refractivity contribution in [3.05, 3.63) is 82.9 Å². The van der Waals surface area contributed by atoms with Gasteiger partial charge in [0.15, 0.2) is 11.5 Å². The van der Waals surface area contributed by atoms with Gasteiger partial charge in [0.1, 0.15) is 13.2 Å². The second kappa shape index (κ2) is 8.45. The Hall–Kier alpha value is -3.09. The van der Waals surface area contributed by atoms with E-state index in [-0.39, 0.29) is 11.9 Å². The monoisotopic (exact) mass is 464 g/mol. The largest absolute Gasteiger partial charge is 0.486 e. The minimum atomic E-state index is -0.194. The van der Waals surface area contributed by atoms with E-state index in [0.29, 0.717) is 29.5 Å². The van der Waals surface area contributed by atoms with Gasteiger partial charge in [0.2, 0.25) is 0 Å². The molecule has 5 nitrogen and oxygen atoms in total. The Morgan fingerprint density at radius 2 is 1.84 bits per heavy atom. The van der Waals surface area contributed by atoms with Gasteiger partial charge in [-0.3, -0.25) is 4.79 Å². The topological polar surface area (TPSA) is 59.6 Å². The fourth-order valence-corrected chi connectivity index (χ4v) is 4.92. The number of anilines is 1. The van der Waals surface area contributed by atoms with Crippen LogP contribution in [0.1, 0.15) is 34.5 Å². The van der Waals surface area contributed by atoms with Crippen molar-refractivity contribution < 1.29 is 14.3 Å². The first-order chi connectivity index (χ1) is 15.5. The zero-order valence-electron chi connectivity index (χ0n) is 17.4. The minimum Gasteiger partial charge on any atom is -0.486 e. The zero-order chi connectivity index (χ0) is 22.2. The first-order valence-corrected chi connectivity index (χ1v) is 11.5. The summed E-state index contributed by atoms with van der Waals surface area (Å²) >= 11 is 7.79. The maximum Gasteiger partial charge on any atom is 0.251 e. The molecule has 2 aliphatic heterocycles. The van der Waals surface area contributed by atoms with Crippen molar-refractivity contribution in [2.24, 2.45) is 0 Å². The highest BCUT2D eigenvalue weighted by Crippen LogP contribution is 2.42. The highest BCUT2D eigenvalue weighted by atomic mass is 35.5. The summed E-state index contributed by atoms with van der Waals surface area (Å²) in [7, 11) is 0. The summed E-state index contributed by atoms with van der Waals surface area (Å²) in [6.45, 7) is 7.17. The lowest BCUT2D eigenvalue weighted by atomic mass is 10.1. The van der Waals surface area contributed by atoms with E-state index in [1.54, 1.807) is 11.8 Å². The van der Waals surface area contributed by atoms with Gasteiger partial charge >= 0.3 is 0 Å². The molecule has 0 fully saturated rings. The molecule has 0 aliphatic carbocycles. The maximum absolute atomic E-state index is 13.0. The van der Waals surface area contributed by atoms with Crippen molar-refractivity contribution in [2.75, 3.05) is 18.5 Å². The minimum absolute atomic E-state index is 0.155.